The zero-order chi connectivity index (χ0) is 20.8. The van der Waals surface area contributed by atoms with Crippen LogP contribution in [0.3, 0.4) is 0 Å². The number of hydrogen-bond donors (Lipinski definition) is 1. The van der Waals surface area contributed by atoms with Crippen molar-refractivity contribution < 1.29 is 9.47 Å². The summed E-state index contributed by atoms with van der Waals surface area (Å²) in [6.45, 7) is 2.50. The van der Waals surface area contributed by atoms with Gasteiger partial charge in [-0.15, -0.1) is 0 Å². The van der Waals surface area contributed by atoms with Gasteiger partial charge in [0.05, 0.1) is 25.5 Å². The van der Waals surface area contributed by atoms with E-state index in [2.05, 4.69) is 32.3 Å². The highest BCUT2D eigenvalue weighted by atomic mass is 16.5. The molecule has 1 N–H and O–H groups in total. The van der Waals surface area contributed by atoms with Crippen molar-refractivity contribution in [2.24, 2.45) is 0 Å². The van der Waals surface area contributed by atoms with E-state index in [1.54, 1.807) is 42.8 Å². The van der Waals surface area contributed by atoms with Crippen LogP contribution in [0.2, 0.25) is 0 Å². The van der Waals surface area contributed by atoms with Gasteiger partial charge in [0.1, 0.15) is 12.4 Å². The van der Waals surface area contributed by atoms with Gasteiger partial charge in [-0.2, -0.15) is 5.10 Å². The SMILES string of the molecule is COc1cc([C@H](C)Nc2cncc(-n3cccn3)n2)ccc1OCc1ccncc1. The van der Waals surface area contributed by atoms with Crippen LogP contribution in [0.25, 0.3) is 5.82 Å². The first-order valence-electron chi connectivity index (χ1n) is 9.51. The molecule has 3 heterocycles. The number of anilines is 1. The summed E-state index contributed by atoms with van der Waals surface area (Å²) in [5, 5.41) is 7.56. The molecule has 0 aliphatic carbocycles. The van der Waals surface area contributed by atoms with Crippen LogP contribution in [0, 0.1) is 0 Å². The van der Waals surface area contributed by atoms with Crippen LogP contribution in [0.15, 0.2) is 73.6 Å². The topological polar surface area (TPSA) is 87.0 Å². The zero-order valence-corrected chi connectivity index (χ0v) is 16.8. The maximum absolute atomic E-state index is 5.92. The first-order chi connectivity index (χ1) is 14.7. The van der Waals surface area contributed by atoms with Crippen molar-refractivity contribution in [2.75, 3.05) is 12.4 Å². The second-order valence-electron chi connectivity index (χ2n) is 6.63. The van der Waals surface area contributed by atoms with Crippen LogP contribution < -0.4 is 14.8 Å². The van der Waals surface area contributed by atoms with Crippen molar-refractivity contribution in [3.63, 3.8) is 0 Å². The van der Waals surface area contributed by atoms with Crippen LogP contribution in [-0.4, -0.2) is 31.8 Å². The zero-order valence-electron chi connectivity index (χ0n) is 16.8. The molecule has 8 nitrogen and oxygen atoms in total. The first kappa shape index (κ1) is 19.4. The number of rotatable bonds is 8. The monoisotopic (exact) mass is 402 g/mol. The van der Waals surface area contributed by atoms with E-state index in [0.29, 0.717) is 29.7 Å². The molecule has 0 aliphatic heterocycles. The highest BCUT2D eigenvalue weighted by Crippen LogP contribution is 2.31. The minimum absolute atomic E-state index is 0.0182. The van der Waals surface area contributed by atoms with Gasteiger partial charge in [0, 0.05) is 24.8 Å². The summed E-state index contributed by atoms with van der Waals surface area (Å²) >= 11 is 0. The molecule has 0 fully saturated rings. The summed E-state index contributed by atoms with van der Waals surface area (Å²) in [5.41, 5.74) is 2.08. The third-order valence-electron chi connectivity index (χ3n) is 4.56. The molecule has 3 aromatic heterocycles. The van der Waals surface area contributed by atoms with Crippen LogP contribution in [-0.2, 0) is 6.61 Å². The van der Waals surface area contributed by atoms with Crippen molar-refractivity contribution in [3.05, 3.63) is 84.7 Å². The Bertz CT molecular complexity index is 1090. The Kier molecular flexibility index (Phi) is 5.84. The maximum atomic E-state index is 5.92. The molecule has 0 saturated heterocycles. The minimum atomic E-state index is -0.0182. The summed E-state index contributed by atoms with van der Waals surface area (Å²) in [4.78, 5) is 12.8. The van der Waals surface area contributed by atoms with Gasteiger partial charge in [0.25, 0.3) is 0 Å². The third-order valence-corrected chi connectivity index (χ3v) is 4.56. The fraction of sp³-hybridized carbons (Fsp3) is 0.182. The van der Waals surface area contributed by atoms with E-state index < -0.39 is 0 Å². The smallest absolute Gasteiger partial charge is 0.173 e. The van der Waals surface area contributed by atoms with Crippen molar-refractivity contribution in [3.8, 4) is 17.3 Å². The highest BCUT2D eigenvalue weighted by molar-refractivity contribution is 5.46. The van der Waals surface area contributed by atoms with Crippen molar-refractivity contribution >= 4 is 5.82 Å². The molecule has 0 saturated carbocycles. The second-order valence-corrected chi connectivity index (χ2v) is 6.63. The average molecular weight is 402 g/mol. The van der Waals surface area contributed by atoms with Gasteiger partial charge in [0.15, 0.2) is 17.3 Å². The van der Waals surface area contributed by atoms with Crippen LogP contribution in [0.4, 0.5) is 5.82 Å². The average Bonchev–Trinajstić information content (AvgIpc) is 3.33. The Labute approximate surface area is 174 Å². The highest BCUT2D eigenvalue weighted by Gasteiger charge is 2.12. The molecule has 4 aromatic rings. The van der Waals surface area contributed by atoms with E-state index in [4.69, 9.17) is 9.47 Å². The molecular formula is C22H22N6O2. The number of nitrogens with zero attached hydrogens (tertiary/aromatic N) is 5. The fourth-order valence-electron chi connectivity index (χ4n) is 2.96. The standard InChI is InChI=1S/C22H22N6O2/c1-16(26-21-13-24-14-22(27-21)28-11-3-8-25-28)18-4-5-19(20(12-18)29-2)30-15-17-6-9-23-10-7-17/h3-14,16H,15H2,1-2H3,(H,26,27)/t16-/m0/s1. The molecule has 0 spiro atoms. The predicted octanol–water partition coefficient (Wildman–Crippen LogP) is 3.82. The molecule has 152 valence electrons. The maximum Gasteiger partial charge on any atom is 0.173 e. The Morgan fingerprint density at radius 3 is 2.67 bits per heavy atom. The minimum Gasteiger partial charge on any atom is -0.493 e. The van der Waals surface area contributed by atoms with Crippen LogP contribution in [0.1, 0.15) is 24.1 Å². The molecule has 0 bridgehead atoms. The number of ether oxygens (including phenoxy) is 2. The Morgan fingerprint density at radius 1 is 1.03 bits per heavy atom. The van der Waals surface area contributed by atoms with Gasteiger partial charge in [-0.25, -0.2) is 9.67 Å². The lowest BCUT2D eigenvalue weighted by atomic mass is 10.1. The molecule has 30 heavy (non-hydrogen) atoms. The molecule has 0 amide bonds. The van der Waals surface area contributed by atoms with Crippen LogP contribution in [0.5, 0.6) is 11.5 Å². The normalized spacial score (nSPS) is 11.7. The Hall–Kier alpha value is -3.94. The number of benzene rings is 1. The van der Waals surface area contributed by atoms with Crippen molar-refractivity contribution in [2.45, 2.75) is 19.6 Å². The van der Waals surface area contributed by atoms with Gasteiger partial charge in [-0.05, 0) is 48.4 Å². The van der Waals surface area contributed by atoms with E-state index in [1.807, 2.05) is 42.6 Å². The predicted molar refractivity (Wildman–Crippen MR) is 113 cm³/mol. The van der Waals surface area contributed by atoms with Gasteiger partial charge in [-0.1, -0.05) is 6.07 Å². The van der Waals surface area contributed by atoms with E-state index in [9.17, 15) is 0 Å². The number of pyridine rings is 1. The van der Waals surface area contributed by atoms with E-state index in [0.717, 1.165) is 11.1 Å². The van der Waals surface area contributed by atoms with Crippen LogP contribution >= 0.6 is 0 Å². The summed E-state index contributed by atoms with van der Waals surface area (Å²) < 4.78 is 13.1. The van der Waals surface area contributed by atoms with Gasteiger partial charge in [0.2, 0.25) is 0 Å². The molecule has 0 aliphatic rings. The lowest BCUT2D eigenvalue weighted by Crippen LogP contribution is -2.10. The van der Waals surface area contributed by atoms with Crippen molar-refractivity contribution in [1.29, 1.82) is 0 Å². The quantitative estimate of drug-likeness (QED) is 0.479. The van der Waals surface area contributed by atoms with Gasteiger partial charge in [-0.3, -0.25) is 9.97 Å². The lowest BCUT2D eigenvalue weighted by Gasteiger charge is -2.18. The molecule has 1 aromatic carbocycles. The molecule has 1 atom stereocenters. The van der Waals surface area contributed by atoms with Gasteiger partial charge >= 0.3 is 0 Å². The second kappa shape index (κ2) is 9.04. The lowest BCUT2D eigenvalue weighted by molar-refractivity contribution is 0.284. The molecule has 4 rings (SSSR count). The summed E-state index contributed by atoms with van der Waals surface area (Å²) in [6.07, 6.45) is 10.4. The number of methoxy groups -OCH3 is 1. The van der Waals surface area contributed by atoms with E-state index >= 15 is 0 Å². The first-order valence-corrected chi connectivity index (χ1v) is 9.51. The largest absolute Gasteiger partial charge is 0.493 e. The van der Waals surface area contributed by atoms with E-state index in [-0.39, 0.29) is 6.04 Å². The van der Waals surface area contributed by atoms with Crippen molar-refractivity contribution in [1.82, 2.24) is 24.7 Å². The summed E-state index contributed by atoms with van der Waals surface area (Å²) in [7, 11) is 1.63. The van der Waals surface area contributed by atoms with Gasteiger partial charge < -0.3 is 14.8 Å². The summed E-state index contributed by atoms with van der Waals surface area (Å²) in [5.74, 6) is 2.67. The molecule has 0 unspecified atom stereocenters. The third kappa shape index (κ3) is 4.54. The Morgan fingerprint density at radius 2 is 1.90 bits per heavy atom. The van der Waals surface area contributed by atoms with E-state index in [1.165, 1.54) is 0 Å². The molecule has 0 radical (unpaired) electrons. The number of aromatic nitrogens is 5. The molecular weight excluding hydrogens is 380 g/mol. The summed E-state index contributed by atoms with van der Waals surface area (Å²) in [6, 6.07) is 11.6. The number of nitrogens with one attached hydrogen (secondary N) is 1. The fourth-order valence-corrected chi connectivity index (χ4v) is 2.96. The Balaban J connectivity index is 1.46. The number of hydrogen-bond acceptors (Lipinski definition) is 7. The molecule has 8 heteroatoms.